The molecule has 0 bridgehead atoms. The Kier molecular flexibility index (Phi) is 6.20. The fourth-order valence-corrected chi connectivity index (χ4v) is 4.29. The Balaban J connectivity index is 1.40. The molecule has 3 aromatic carbocycles. The maximum absolute atomic E-state index is 12.7. The van der Waals surface area contributed by atoms with Gasteiger partial charge < -0.3 is 20.5 Å². The highest BCUT2D eigenvalue weighted by Gasteiger charge is 2.45. The van der Waals surface area contributed by atoms with Crippen LogP contribution in [0.5, 0.6) is 11.5 Å². The van der Waals surface area contributed by atoms with Gasteiger partial charge in [0.05, 0.1) is 18.3 Å². The number of carbonyl (C=O) groups excluding carboxylic acids is 1. The first kappa shape index (κ1) is 23.8. The van der Waals surface area contributed by atoms with Crippen molar-refractivity contribution in [2.45, 2.75) is 25.3 Å². The lowest BCUT2D eigenvalue weighted by Gasteiger charge is -2.20. The fraction of sp³-hybridized carbons (Fsp3) is 0.172. The molecular weight excluding hydrogens is 466 g/mol. The number of amides is 1. The summed E-state index contributed by atoms with van der Waals surface area (Å²) in [7, 11) is 1.47. The van der Waals surface area contributed by atoms with E-state index in [0.29, 0.717) is 34.1 Å². The number of carbonyl (C=O) groups is 1. The van der Waals surface area contributed by atoms with Gasteiger partial charge >= 0.3 is 0 Å². The van der Waals surface area contributed by atoms with Crippen molar-refractivity contribution in [1.29, 1.82) is 5.26 Å². The highest BCUT2D eigenvalue weighted by molar-refractivity contribution is 6.04. The van der Waals surface area contributed by atoms with Crippen LogP contribution in [0.3, 0.4) is 0 Å². The summed E-state index contributed by atoms with van der Waals surface area (Å²) in [5, 5.41) is 25.9. The van der Waals surface area contributed by atoms with E-state index < -0.39 is 0 Å². The minimum atomic E-state index is -0.366. The molecule has 0 radical (unpaired) electrons. The number of aromatic hydroxyl groups is 1. The molecule has 0 atom stereocenters. The van der Waals surface area contributed by atoms with Crippen molar-refractivity contribution in [2.75, 3.05) is 17.7 Å². The quantitative estimate of drug-likeness (QED) is 0.317. The third kappa shape index (κ3) is 5.07. The zero-order chi connectivity index (χ0) is 26.0. The largest absolute Gasteiger partial charge is 0.504 e. The molecule has 0 aliphatic heterocycles. The first-order valence-corrected chi connectivity index (χ1v) is 11.8. The molecule has 1 heterocycles. The molecule has 4 aromatic rings. The molecule has 8 nitrogen and oxygen atoms in total. The molecule has 1 aliphatic rings. The van der Waals surface area contributed by atoms with Gasteiger partial charge in [-0.1, -0.05) is 29.8 Å². The van der Waals surface area contributed by atoms with E-state index in [-0.39, 0.29) is 23.0 Å². The average molecular weight is 492 g/mol. The first-order valence-electron chi connectivity index (χ1n) is 11.8. The van der Waals surface area contributed by atoms with Crippen molar-refractivity contribution in [3.63, 3.8) is 0 Å². The normalized spacial score (nSPS) is 13.3. The van der Waals surface area contributed by atoms with Gasteiger partial charge in [0.15, 0.2) is 11.5 Å². The summed E-state index contributed by atoms with van der Waals surface area (Å²) in [4.78, 5) is 21.5. The number of hydrogen-bond acceptors (Lipinski definition) is 7. The average Bonchev–Trinajstić information content (AvgIpc) is 3.69. The van der Waals surface area contributed by atoms with Crippen LogP contribution in [0.4, 0.5) is 11.5 Å². The van der Waals surface area contributed by atoms with Gasteiger partial charge in [0, 0.05) is 22.9 Å². The van der Waals surface area contributed by atoms with Gasteiger partial charge in [-0.15, -0.1) is 0 Å². The molecule has 1 aliphatic carbocycles. The first-order chi connectivity index (χ1) is 17.9. The van der Waals surface area contributed by atoms with E-state index in [1.54, 1.807) is 24.3 Å². The SMILES string of the molecule is COc1cc(-c2cc(NC3(c4cccc(NC(=O)c5cccc(C)c5)c4)CC3)nc(C#N)n2)ccc1O. The number of nitrogens with zero attached hydrogens (tertiary/aromatic N) is 3. The molecule has 1 saturated carbocycles. The second kappa shape index (κ2) is 9.63. The van der Waals surface area contributed by atoms with Crippen LogP contribution in [0.15, 0.2) is 72.8 Å². The predicted octanol–water partition coefficient (Wildman–Crippen LogP) is 5.39. The summed E-state index contributed by atoms with van der Waals surface area (Å²) in [5.41, 5.74) is 4.19. The Bertz CT molecular complexity index is 1540. The predicted molar refractivity (Wildman–Crippen MR) is 141 cm³/mol. The van der Waals surface area contributed by atoms with Crippen LogP contribution < -0.4 is 15.4 Å². The van der Waals surface area contributed by atoms with Gasteiger partial charge in [0.2, 0.25) is 5.82 Å². The molecule has 5 rings (SSSR count). The molecule has 1 aromatic heterocycles. The van der Waals surface area contributed by atoms with Gasteiger partial charge in [-0.2, -0.15) is 5.26 Å². The van der Waals surface area contributed by atoms with Crippen LogP contribution in [0.1, 0.15) is 40.2 Å². The van der Waals surface area contributed by atoms with Crippen molar-refractivity contribution in [3.8, 4) is 28.8 Å². The van der Waals surface area contributed by atoms with Crippen LogP contribution in [-0.2, 0) is 5.54 Å². The number of ether oxygens (including phenoxy) is 1. The summed E-state index contributed by atoms with van der Waals surface area (Å²) in [6, 6.07) is 23.9. The van der Waals surface area contributed by atoms with E-state index in [4.69, 9.17) is 4.74 Å². The standard InChI is InChI=1S/C29H25N5O3/c1-18-5-3-6-20(13-18)28(36)31-22-8-4-7-21(15-22)29(11-12-29)34-26-16-23(32-27(17-30)33-26)19-9-10-24(35)25(14-19)37-2/h3-10,13-16,35H,11-12H2,1-2H3,(H,31,36)(H,32,33,34). The molecule has 1 fully saturated rings. The van der Waals surface area contributed by atoms with Gasteiger partial charge in [-0.3, -0.25) is 4.79 Å². The van der Waals surface area contributed by atoms with Crippen molar-refractivity contribution in [2.24, 2.45) is 0 Å². The van der Waals surface area contributed by atoms with Gasteiger partial charge in [-0.05, 0) is 67.8 Å². The minimum Gasteiger partial charge on any atom is -0.504 e. The summed E-state index contributed by atoms with van der Waals surface area (Å²) in [5.74, 6) is 0.710. The lowest BCUT2D eigenvalue weighted by molar-refractivity contribution is 0.102. The summed E-state index contributed by atoms with van der Waals surface area (Å²) >= 11 is 0. The van der Waals surface area contributed by atoms with Crippen LogP contribution >= 0.6 is 0 Å². The smallest absolute Gasteiger partial charge is 0.255 e. The number of benzene rings is 3. The molecule has 0 unspecified atom stereocenters. The van der Waals surface area contributed by atoms with E-state index in [9.17, 15) is 15.2 Å². The molecule has 0 saturated heterocycles. The number of phenolic OH excluding ortho intramolecular Hbond substituents is 1. The van der Waals surface area contributed by atoms with E-state index >= 15 is 0 Å². The number of aromatic nitrogens is 2. The van der Waals surface area contributed by atoms with Crippen LogP contribution in [0.25, 0.3) is 11.3 Å². The molecular formula is C29H25N5O3. The lowest BCUT2D eigenvalue weighted by atomic mass is 10.0. The zero-order valence-electron chi connectivity index (χ0n) is 20.4. The van der Waals surface area contributed by atoms with Gasteiger partial charge in [0.25, 0.3) is 5.91 Å². The highest BCUT2D eigenvalue weighted by atomic mass is 16.5. The van der Waals surface area contributed by atoms with E-state index in [1.807, 2.05) is 55.5 Å². The summed E-state index contributed by atoms with van der Waals surface area (Å²) in [6.45, 7) is 1.95. The number of aryl methyl sites for hydroxylation is 1. The Hall–Kier alpha value is -4.90. The molecule has 0 spiro atoms. The number of phenols is 1. The topological polar surface area (TPSA) is 120 Å². The number of anilines is 2. The number of nitriles is 1. The Labute approximate surface area is 214 Å². The van der Waals surface area contributed by atoms with Gasteiger partial charge in [0.1, 0.15) is 11.9 Å². The molecule has 3 N–H and O–H groups in total. The fourth-order valence-electron chi connectivity index (χ4n) is 4.29. The Morgan fingerprint density at radius 3 is 2.59 bits per heavy atom. The number of hydrogen-bond donors (Lipinski definition) is 3. The second-order valence-corrected chi connectivity index (χ2v) is 9.07. The maximum Gasteiger partial charge on any atom is 0.255 e. The molecule has 37 heavy (non-hydrogen) atoms. The monoisotopic (exact) mass is 491 g/mol. The number of methoxy groups -OCH3 is 1. The van der Waals surface area contributed by atoms with Gasteiger partial charge in [-0.25, -0.2) is 9.97 Å². The molecule has 8 heteroatoms. The van der Waals surface area contributed by atoms with Crippen molar-refractivity contribution in [1.82, 2.24) is 9.97 Å². The Morgan fingerprint density at radius 2 is 1.86 bits per heavy atom. The van der Waals surface area contributed by atoms with Crippen molar-refractivity contribution < 1.29 is 14.6 Å². The third-order valence-corrected chi connectivity index (χ3v) is 6.37. The van der Waals surface area contributed by atoms with Crippen LogP contribution in [0.2, 0.25) is 0 Å². The zero-order valence-corrected chi connectivity index (χ0v) is 20.4. The van der Waals surface area contributed by atoms with Crippen molar-refractivity contribution >= 4 is 17.4 Å². The third-order valence-electron chi connectivity index (χ3n) is 6.37. The lowest BCUT2D eigenvalue weighted by Crippen LogP contribution is -2.20. The molecule has 184 valence electrons. The highest BCUT2D eigenvalue weighted by Crippen LogP contribution is 2.48. The number of rotatable bonds is 7. The molecule has 1 amide bonds. The summed E-state index contributed by atoms with van der Waals surface area (Å²) < 4.78 is 5.21. The number of nitrogens with one attached hydrogen (secondary N) is 2. The van der Waals surface area contributed by atoms with E-state index in [0.717, 1.165) is 24.0 Å². The summed E-state index contributed by atoms with van der Waals surface area (Å²) in [6.07, 6.45) is 1.74. The van der Waals surface area contributed by atoms with E-state index in [2.05, 4.69) is 20.6 Å². The van der Waals surface area contributed by atoms with Crippen LogP contribution in [0, 0.1) is 18.3 Å². The maximum atomic E-state index is 12.7. The van der Waals surface area contributed by atoms with Crippen LogP contribution in [-0.4, -0.2) is 28.1 Å². The second-order valence-electron chi connectivity index (χ2n) is 9.07. The van der Waals surface area contributed by atoms with E-state index in [1.165, 1.54) is 13.2 Å². The Morgan fingerprint density at radius 1 is 1.05 bits per heavy atom. The van der Waals surface area contributed by atoms with Crippen molar-refractivity contribution in [3.05, 3.63) is 95.3 Å². The minimum absolute atomic E-state index is 0.0190.